The Bertz CT molecular complexity index is 1780. The Balaban J connectivity index is 1.29. The number of piperidine rings is 2. The molecule has 4 saturated heterocycles. The number of anilines is 1. The van der Waals surface area contributed by atoms with Gasteiger partial charge in [0.2, 0.25) is 15.7 Å². The maximum absolute atomic E-state index is 18.0. The number of rotatable bonds is 11. The first-order valence-electron chi connectivity index (χ1n) is 19.0. The monoisotopic (exact) mass is 796 g/mol. The molecule has 4 fully saturated rings. The highest BCUT2D eigenvalue weighted by Crippen LogP contribution is 2.47. The number of likely N-dealkylation sites (tertiary alicyclic amines) is 2. The van der Waals surface area contributed by atoms with Crippen molar-refractivity contribution in [3.63, 3.8) is 0 Å². The van der Waals surface area contributed by atoms with Crippen LogP contribution in [0.5, 0.6) is 5.75 Å². The lowest BCUT2D eigenvalue weighted by atomic mass is 9.85. The first-order valence-corrected chi connectivity index (χ1v) is 20.6. The molecule has 0 radical (unpaired) electrons. The van der Waals surface area contributed by atoms with Gasteiger partial charge in [0.15, 0.2) is 0 Å². The van der Waals surface area contributed by atoms with Gasteiger partial charge in [-0.1, -0.05) is 18.2 Å². The summed E-state index contributed by atoms with van der Waals surface area (Å²) in [5, 5.41) is 0. The van der Waals surface area contributed by atoms with Crippen LogP contribution < -0.4 is 9.64 Å². The number of carbonyl (C=O) groups excluding carboxylic acids is 2. The fraction of sp³-hybridized carbons (Fsp3) is 0.641. The summed E-state index contributed by atoms with van der Waals surface area (Å²) >= 11 is 0. The molecule has 4 aliphatic rings. The Morgan fingerprint density at radius 3 is 2.16 bits per heavy atom. The highest BCUT2D eigenvalue weighted by atomic mass is 32.2. The summed E-state index contributed by atoms with van der Waals surface area (Å²) in [6.07, 6.45) is -2.74. The van der Waals surface area contributed by atoms with E-state index in [1.165, 1.54) is 36.6 Å². The van der Waals surface area contributed by atoms with E-state index in [4.69, 9.17) is 14.2 Å². The van der Waals surface area contributed by atoms with Crippen LogP contribution in [0.1, 0.15) is 61.1 Å². The van der Waals surface area contributed by atoms with Crippen LogP contribution in [-0.4, -0.2) is 132 Å². The van der Waals surface area contributed by atoms with Crippen LogP contribution in [-0.2, 0) is 35.3 Å². The summed E-state index contributed by atoms with van der Waals surface area (Å²) in [5.41, 5.74) is -1.51. The minimum absolute atomic E-state index is 0.00572. The van der Waals surface area contributed by atoms with Crippen LogP contribution in [0.3, 0.4) is 0 Å². The zero-order chi connectivity index (χ0) is 39.7. The van der Waals surface area contributed by atoms with Crippen LogP contribution in [0.4, 0.5) is 23.2 Å². The first-order chi connectivity index (χ1) is 26.1. The third kappa shape index (κ3) is 8.47. The molecule has 4 aliphatic heterocycles. The summed E-state index contributed by atoms with van der Waals surface area (Å²) in [5.74, 6) is -2.40. The lowest BCUT2D eigenvalue weighted by Crippen LogP contribution is -2.51. The third-order valence-corrected chi connectivity index (χ3v) is 14.1. The smallest absolute Gasteiger partial charge is 0.416 e. The molecule has 4 atom stereocenters. The van der Waals surface area contributed by atoms with Crippen molar-refractivity contribution in [2.45, 2.75) is 62.3 Å². The van der Waals surface area contributed by atoms with Gasteiger partial charge in [-0.25, -0.2) is 17.1 Å². The van der Waals surface area contributed by atoms with Crippen LogP contribution in [0, 0.1) is 11.8 Å². The van der Waals surface area contributed by atoms with Crippen molar-refractivity contribution >= 4 is 27.6 Å². The van der Waals surface area contributed by atoms with Crippen molar-refractivity contribution in [2.75, 3.05) is 90.9 Å². The maximum atomic E-state index is 18.0. The van der Waals surface area contributed by atoms with Gasteiger partial charge in [-0.3, -0.25) is 14.5 Å². The van der Waals surface area contributed by atoms with E-state index in [0.717, 1.165) is 12.1 Å². The van der Waals surface area contributed by atoms with Crippen molar-refractivity contribution in [1.29, 1.82) is 0 Å². The number of amides is 1. The largest absolute Gasteiger partial charge is 0.497 e. The number of carbonyl (C=O) groups is 2. The molecule has 0 aliphatic carbocycles. The SMILES string of the molecule is CCS(=O)(=O)N1CCC(N2C[C@@H](c3ccc(OC)cc3)[C@](F)(C(=O)N3C[C@H](COC)[C@@H](c4ccc(C(F)(F)F)cc4N4CCC(C(=O)OC)CC4)C3)C2)CC1. The standard InChI is InChI=1S/C39H52F4N4O7S/c1-5-55(50,51)47-18-14-30(15-19-47)46-23-34(26-6-9-31(53-3)10-7-26)38(40,25-46)37(49)45-21-28(24-52-2)33(22-45)32-11-8-29(39(41,42)43)20-35(32)44-16-12-27(13-17-44)36(48)54-4/h6-11,20,27-28,30,33-34H,5,12-19,21-25H2,1-4H3/t28-,33+,34+,38+/m1/s1. The summed E-state index contributed by atoms with van der Waals surface area (Å²) < 4.78 is 103. The Labute approximate surface area is 320 Å². The molecule has 0 N–H and O–H groups in total. The number of alkyl halides is 4. The predicted octanol–water partition coefficient (Wildman–Crippen LogP) is 4.91. The molecule has 2 aromatic rings. The molecule has 0 bridgehead atoms. The van der Waals surface area contributed by atoms with E-state index in [1.54, 1.807) is 31.2 Å². The van der Waals surface area contributed by atoms with Gasteiger partial charge < -0.3 is 24.0 Å². The van der Waals surface area contributed by atoms with Gasteiger partial charge in [-0.2, -0.15) is 13.2 Å². The molecule has 0 aromatic heterocycles. The summed E-state index contributed by atoms with van der Waals surface area (Å²) in [7, 11) is 1.01. The van der Waals surface area contributed by atoms with Crippen molar-refractivity contribution in [3.8, 4) is 5.75 Å². The van der Waals surface area contributed by atoms with Gasteiger partial charge in [0, 0.05) is 89.0 Å². The maximum Gasteiger partial charge on any atom is 0.416 e. The lowest BCUT2D eigenvalue weighted by molar-refractivity contribution is -0.146. The van der Waals surface area contributed by atoms with Crippen molar-refractivity contribution in [3.05, 3.63) is 59.2 Å². The van der Waals surface area contributed by atoms with Crippen molar-refractivity contribution in [1.82, 2.24) is 14.1 Å². The molecule has 4 heterocycles. The minimum Gasteiger partial charge on any atom is -0.497 e. The third-order valence-electron chi connectivity index (χ3n) is 12.2. The molecule has 1 amide bonds. The summed E-state index contributed by atoms with van der Waals surface area (Å²) in [6, 6.07) is 10.5. The van der Waals surface area contributed by atoms with Gasteiger partial charge in [0.1, 0.15) is 5.75 Å². The number of nitrogens with zero attached hydrogens (tertiary/aromatic N) is 4. The second kappa shape index (κ2) is 16.6. The van der Waals surface area contributed by atoms with Crippen LogP contribution in [0.25, 0.3) is 0 Å². The fourth-order valence-electron chi connectivity index (χ4n) is 9.08. The average molecular weight is 797 g/mol. The van der Waals surface area contributed by atoms with Crippen molar-refractivity contribution in [2.24, 2.45) is 11.8 Å². The number of benzene rings is 2. The van der Waals surface area contributed by atoms with Gasteiger partial charge in [0.05, 0.1) is 38.1 Å². The Morgan fingerprint density at radius 1 is 0.909 bits per heavy atom. The van der Waals surface area contributed by atoms with E-state index in [9.17, 15) is 31.2 Å². The summed E-state index contributed by atoms with van der Waals surface area (Å²) in [6.45, 7) is 3.44. The van der Waals surface area contributed by atoms with Gasteiger partial charge in [-0.05, 0) is 68.0 Å². The number of hydrogen-bond donors (Lipinski definition) is 0. The number of hydrogen-bond acceptors (Lipinski definition) is 9. The summed E-state index contributed by atoms with van der Waals surface area (Å²) in [4.78, 5) is 32.3. The molecule has 55 heavy (non-hydrogen) atoms. The minimum atomic E-state index is -4.59. The van der Waals surface area contributed by atoms with Gasteiger partial charge >= 0.3 is 12.1 Å². The van der Waals surface area contributed by atoms with E-state index in [0.29, 0.717) is 74.4 Å². The number of esters is 1. The average Bonchev–Trinajstić information content (AvgIpc) is 3.78. The molecule has 11 nitrogen and oxygen atoms in total. The first kappa shape index (κ1) is 41.2. The normalized spacial score (nSPS) is 26.4. The molecule has 2 aromatic carbocycles. The van der Waals surface area contributed by atoms with Gasteiger partial charge in [0.25, 0.3) is 5.91 Å². The number of halogens is 4. The van der Waals surface area contributed by atoms with Crippen LogP contribution >= 0.6 is 0 Å². The van der Waals surface area contributed by atoms with E-state index >= 15 is 4.39 Å². The topological polar surface area (TPSA) is 109 Å². The Kier molecular flexibility index (Phi) is 12.4. The Morgan fingerprint density at radius 2 is 1.58 bits per heavy atom. The number of ether oxygens (including phenoxy) is 3. The van der Waals surface area contributed by atoms with E-state index < -0.39 is 45.2 Å². The van der Waals surface area contributed by atoms with Gasteiger partial charge in [-0.15, -0.1) is 0 Å². The number of sulfonamides is 1. The second-order valence-electron chi connectivity index (χ2n) is 15.2. The molecule has 6 rings (SSSR count). The Hall–Kier alpha value is -3.47. The molecule has 304 valence electrons. The van der Waals surface area contributed by atoms with Crippen molar-refractivity contribution < 1.29 is 49.8 Å². The predicted molar refractivity (Wildman–Crippen MR) is 198 cm³/mol. The van der Waals surface area contributed by atoms with Crippen LogP contribution in [0.2, 0.25) is 0 Å². The zero-order valence-electron chi connectivity index (χ0n) is 31.9. The number of methoxy groups -OCH3 is 3. The molecule has 0 spiro atoms. The second-order valence-corrected chi connectivity index (χ2v) is 17.5. The highest BCUT2D eigenvalue weighted by molar-refractivity contribution is 7.89. The molecule has 0 saturated carbocycles. The van der Waals surface area contributed by atoms with E-state index in [-0.39, 0.29) is 62.4 Å². The molecule has 0 unspecified atom stereocenters. The molecular weight excluding hydrogens is 745 g/mol. The molecule has 16 heteroatoms. The molecular formula is C39H52F4N4O7S. The van der Waals surface area contributed by atoms with E-state index in [1.807, 2.05) is 9.80 Å². The highest BCUT2D eigenvalue weighted by Gasteiger charge is 2.57. The zero-order valence-corrected chi connectivity index (χ0v) is 32.7. The lowest BCUT2D eigenvalue weighted by Gasteiger charge is -2.36. The fourth-order valence-corrected chi connectivity index (χ4v) is 10.2. The van der Waals surface area contributed by atoms with E-state index in [2.05, 4.69) is 0 Å². The quantitative estimate of drug-likeness (QED) is 0.232. The van der Waals surface area contributed by atoms with Crippen LogP contribution in [0.15, 0.2) is 42.5 Å².